The Labute approximate surface area is 112 Å². The first-order valence-electron chi connectivity index (χ1n) is 6.62. The highest BCUT2D eigenvalue weighted by Crippen LogP contribution is 2.37. The number of hydrogen-bond acceptors (Lipinski definition) is 4. The van der Waals surface area contributed by atoms with E-state index in [0.717, 1.165) is 6.42 Å². The molecule has 0 spiro atoms. The highest BCUT2D eigenvalue weighted by atomic mass is 19.1. The average molecular weight is 269 g/mol. The van der Waals surface area contributed by atoms with Gasteiger partial charge in [0.1, 0.15) is 19.0 Å². The van der Waals surface area contributed by atoms with Crippen LogP contribution in [0.15, 0.2) is 12.1 Å². The SMILES string of the molecule is CCC(CC(O)CN)c1cc2c(cc1F)OCCO2. The summed E-state index contributed by atoms with van der Waals surface area (Å²) in [5, 5.41) is 9.65. The molecule has 1 aliphatic heterocycles. The summed E-state index contributed by atoms with van der Waals surface area (Å²) in [7, 11) is 0. The van der Waals surface area contributed by atoms with E-state index in [0.29, 0.717) is 36.7 Å². The predicted molar refractivity (Wildman–Crippen MR) is 70.1 cm³/mol. The summed E-state index contributed by atoms with van der Waals surface area (Å²) < 4.78 is 24.9. The van der Waals surface area contributed by atoms with Crippen LogP contribution in [0.5, 0.6) is 11.5 Å². The number of fused-ring (bicyclic) bond motifs is 1. The van der Waals surface area contributed by atoms with Gasteiger partial charge in [0.05, 0.1) is 6.10 Å². The molecule has 4 nitrogen and oxygen atoms in total. The fourth-order valence-corrected chi connectivity index (χ4v) is 2.33. The molecule has 0 aromatic heterocycles. The topological polar surface area (TPSA) is 64.7 Å². The first kappa shape index (κ1) is 14.1. The third-order valence-electron chi connectivity index (χ3n) is 3.42. The molecule has 106 valence electrons. The van der Waals surface area contributed by atoms with Gasteiger partial charge in [0.25, 0.3) is 0 Å². The molecule has 0 aliphatic carbocycles. The summed E-state index contributed by atoms with van der Waals surface area (Å²) in [6.45, 7) is 3.06. The maximum atomic E-state index is 14.1. The van der Waals surface area contributed by atoms with Crippen molar-refractivity contribution in [1.82, 2.24) is 0 Å². The first-order chi connectivity index (χ1) is 9.15. The first-order valence-corrected chi connectivity index (χ1v) is 6.62. The van der Waals surface area contributed by atoms with E-state index in [2.05, 4.69) is 0 Å². The van der Waals surface area contributed by atoms with Gasteiger partial charge >= 0.3 is 0 Å². The summed E-state index contributed by atoms with van der Waals surface area (Å²) in [4.78, 5) is 0. The van der Waals surface area contributed by atoms with Gasteiger partial charge in [-0.15, -0.1) is 0 Å². The summed E-state index contributed by atoms with van der Waals surface area (Å²) in [5.41, 5.74) is 5.97. The van der Waals surface area contributed by atoms with E-state index in [1.54, 1.807) is 6.07 Å². The number of rotatable bonds is 5. The number of benzene rings is 1. The van der Waals surface area contributed by atoms with Crippen molar-refractivity contribution in [3.05, 3.63) is 23.5 Å². The Hall–Kier alpha value is -1.33. The van der Waals surface area contributed by atoms with Gasteiger partial charge in [0.2, 0.25) is 0 Å². The molecule has 1 heterocycles. The summed E-state index contributed by atoms with van der Waals surface area (Å²) >= 11 is 0. The molecule has 2 rings (SSSR count). The van der Waals surface area contributed by atoms with Crippen molar-refractivity contribution in [3.8, 4) is 11.5 Å². The van der Waals surface area contributed by atoms with E-state index < -0.39 is 6.10 Å². The zero-order valence-corrected chi connectivity index (χ0v) is 11.1. The Morgan fingerprint density at radius 1 is 1.32 bits per heavy atom. The molecule has 0 fully saturated rings. The predicted octanol–water partition coefficient (Wildman–Crippen LogP) is 1.80. The van der Waals surface area contributed by atoms with Gasteiger partial charge in [-0.3, -0.25) is 0 Å². The highest BCUT2D eigenvalue weighted by Gasteiger charge is 2.22. The molecule has 3 N–H and O–H groups in total. The molecule has 0 saturated heterocycles. The number of halogens is 1. The standard InChI is InChI=1S/C14H20FNO3/c1-2-9(5-10(17)8-16)11-6-13-14(7-12(11)15)19-4-3-18-13/h6-7,9-10,17H,2-5,8,16H2,1H3. The maximum absolute atomic E-state index is 14.1. The Balaban J connectivity index is 2.26. The maximum Gasteiger partial charge on any atom is 0.164 e. The lowest BCUT2D eigenvalue weighted by molar-refractivity contribution is 0.159. The quantitative estimate of drug-likeness (QED) is 0.855. The van der Waals surface area contributed by atoms with Crippen molar-refractivity contribution < 1.29 is 19.0 Å². The zero-order valence-electron chi connectivity index (χ0n) is 11.1. The van der Waals surface area contributed by atoms with Crippen LogP contribution in [0, 0.1) is 5.82 Å². The third-order valence-corrected chi connectivity index (χ3v) is 3.42. The number of ether oxygens (including phenoxy) is 2. The van der Waals surface area contributed by atoms with Gasteiger partial charge in [-0.05, 0) is 30.4 Å². The zero-order chi connectivity index (χ0) is 13.8. The second-order valence-corrected chi connectivity index (χ2v) is 4.75. The number of aliphatic hydroxyl groups is 1. The van der Waals surface area contributed by atoms with E-state index >= 15 is 0 Å². The fourth-order valence-electron chi connectivity index (χ4n) is 2.33. The molecule has 0 saturated carbocycles. The minimum absolute atomic E-state index is 0.0747. The van der Waals surface area contributed by atoms with Gasteiger partial charge in [-0.1, -0.05) is 6.92 Å². The Morgan fingerprint density at radius 3 is 2.53 bits per heavy atom. The molecular formula is C14H20FNO3. The Kier molecular flexibility index (Phi) is 4.61. The average Bonchev–Trinajstić information content (AvgIpc) is 2.44. The molecular weight excluding hydrogens is 249 g/mol. The molecule has 0 radical (unpaired) electrons. The number of aliphatic hydroxyl groups excluding tert-OH is 1. The number of nitrogens with two attached hydrogens (primary N) is 1. The van der Waals surface area contributed by atoms with E-state index in [-0.39, 0.29) is 18.3 Å². The number of hydrogen-bond donors (Lipinski definition) is 2. The minimum Gasteiger partial charge on any atom is -0.486 e. The molecule has 0 bridgehead atoms. The Bertz CT molecular complexity index is 439. The van der Waals surface area contributed by atoms with E-state index in [4.69, 9.17) is 15.2 Å². The van der Waals surface area contributed by atoms with Crippen molar-refractivity contribution >= 4 is 0 Å². The van der Waals surface area contributed by atoms with Crippen molar-refractivity contribution in [2.45, 2.75) is 31.8 Å². The van der Waals surface area contributed by atoms with Crippen LogP contribution in [0.1, 0.15) is 31.2 Å². The van der Waals surface area contributed by atoms with Crippen LogP contribution in [0.4, 0.5) is 4.39 Å². The fraction of sp³-hybridized carbons (Fsp3) is 0.571. The van der Waals surface area contributed by atoms with Crippen LogP contribution in [-0.4, -0.2) is 31.0 Å². The molecule has 1 aromatic rings. The summed E-state index contributed by atoms with van der Waals surface area (Å²) in [6.07, 6.45) is 0.564. The lowest BCUT2D eigenvalue weighted by Gasteiger charge is -2.23. The van der Waals surface area contributed by atoms with E-state index in [1.807, 2.05) is 6.92 Å². The third kappa shape index (κ3) is 3.16. The highest BCUT2D eigenvalue weighted by molar-refractivity contribution is 5.45. The molecule has 2 atom stereocenters. The van der Waals surface area contributed by atoms with Gasteiger partial charge in [-0.25, -0.2) is 4.39 Å². The normalized spacial score (nSPS) is 17.1. The lowest BCUT2D eigenvalue weighted by atomic mass is 9.90. The largest absolute Gasteiger partial charge is 0.486 e. The smallest absolute Gasteiger partial charge is 0.164 e. The van der Waals surface area contributed by atoms with Gasteiger partial charge in [-0.2, -0.15) is 0 Å². The second-order valence-electron chi connectivity index (χ2n) is 4.75. The monoisotopic (exact) mass is 269 g/mol. The second kappa shape index (κ2) is 6.21. The van der Waals surface area contributed by atoms with Crippen LogP contribution in [0.2, 0.25) is 0 Å². The van der Waals surface area contributed by atoms with Crippen molar-refractivity contribution in [2.24, 2.45) is 5.73 Å². The molecule has 2 unspecified atom stereocenters. The molecule has 5 heteroatoms. The van der Waals surface area contributed by atoms with Crippen LogP contribution in [0.3, 0.4) is 0 Å². The van der Waals surface area contributed by atoms with Gasteiger partial charge in [0, 0.05) is 12.6 Å². The van der Waals surface area contributed by atoms with Gasteiger partial charge in [0.15, 0.2) is 11.5 Å². The molecule has 1 aliphatic rings. The van der Waals surface area contributed by atoms with Crippen molar-refractivity contribution in [3.63, 3.8) is 0 Å². The van der Waals surface area contributed by atoms with Crippen molar-refractivity contribution in [2.75, 3.05) is 19.8 Å². The molecule has 1 aromatic carbocycles. The van der Waals surface area contributed by atoms with Crippen LogP contribution in [0.25, 0.3) is 0 Å². The Morgan fingerprint density at radius 2 is 1.95 bits per heavy atom. The van der Waals surface area contributed by atoms with Crippen LogP contribution in [-0.2, 0) is 0 Å². The minimum atomic E-state index is -0.613. The van der Waals surface area contributed by atoms with Gasteiger partial charge < -0.3 is 20.3 Å². The lowest BCUT2D eigenvalue weighted by Crippen LogP contribution is -2.23. The van der Waals surface area contributed by atoms with E-state index in [1.165, 1.54) is 6.07 Å². The summed E-state index contributed by atoms with van der Waals surface area (Å²) in [6, 6.07) is 3.04. The van der Waals surface area contributed by atoms with Crippen LogP contribution < -0.4 is 15.2 Å². The van der Waals surface area contributed by atoms with Crippen LogP contribution >= 0.6 is 0 Å². The van der Waals surface area contributed by atoms with Crippen molar-refractivity contribution in [1.29, 1.82) is 0 Å². The molecule has 19 heavy (non-hydrogen) atoms. The van der Waals surface area contributed by atoms with E-state index in [9.17, 15) is 9.50 Å². The molecule has 0 amide bonds. The summed E-state index contributed by atoms with van der Waals surface area (Å²) in [5.74, 6) is 0.625.